The first kappa shape index (κ1) is 12.3. The van der Waals surface area contributed by atoms with Crippen LogP contribution < -0.4 is 11.1 Å². The molecule has 1 aliphatic rings. The summed E-state index contributed by atoms with van der Waals surface area (Å²) >= 11 is 1.73. The average Bonchev–Trinajstić information content (AvgIpc) is 2.09. The van der Waals surface area contributed by atoms with Crippen molar-refractivity contribution in [2.24, 2.45) is 5.73 Å². The second-order valence-corrected chi connectivity index (χ2v) is 4.45. The maximum Gasteiger partial charge on any atom is 0.240 e. The van der Waals surface area contributed by atoms with Crippen LogP contribution in [0.1, 0.15) is 6.42 Å². The van der Waals surface area contributed by atoms with Crippen LogP contribution >= 0.6 is 11.8 Å². The monoisotopic (exact) mass is 231 g/mol. The van der Waals surface area contributed by atoms with Crippen molar-refractivity contribution in [3.63, 3.8) is 0 Å². The number of nitrogens with two attached hydrogens (primary N) is 1. The molecule has 1 saturated heterocycles. The summed E-state index contributed by atoms with van der Waals surface area (Å²) in [5, 5.41) is 3.03. The molecule has 1 fully saturated rings. The summed E-state index contributed by atoms with van der Waals surface area (Å²) < 4.78 is 0. The predicted molar refractivity (Wildman–Crippen MR) is 60.6 cm³/mol. The molecule has 0 aromatic rings. The highest BCUT2D eigenvalue weighted by molar-refractivity contribution is 7.98. The minimum absolute atomic E-state index is 0.0360. The van der Waals surface area contributed by atoms with E-state index in [1.807, 2.05) is 6.26 Å². The van der Waals surface area contributed by atoms with Gasteiger partial charge in [-0.1, -0.05) is 0 Å². The number of carbonyl (C=O) groups is 2. The Bertz CT molecular complexity index is 248. The van der Waals surface area contributed by atoms with Crippen LogP contribution in [0.4, 0.5) is 0 Å². The molecule has 0 saturated carbocycles. The molecule has 0 aromatic heterocycles. The third-order valence-corrected chi connectivity index (χ3v) is 3.04. The Morgan fingerprint density at radius 2 is 2.33 bits per heavy atom. The number of thioether (sulfide) groups is 1. The zero-order valence-electron chi connectivity index (χ0n) is 8.86. The van der Waals surface area contributed by atoms with E-state index in [4.69, 9.17) is 5.73 Å². The summed E-state index contributed by atoms with van der Waals surface area (Å²) in [7, 11) is 0. The summed E-state index contributed by atoms with van der Waals surface area (Å²) in [6, 6.07) is -0.375. The van der Waals surface area contributed by atoms with Crippen LogP contribution in [-0.4, -0.2) is 54.4 Å². The minimum Gasteiger partial charge on any atom is -0.368 e. The second kappa shape index (κ2) is 5.97. The van der Waals surface area contributed by atoms with Crippen molar-refractivity contribution in [3.05, 3.63) is 0 Å². The molecule has 0 aromatic carbocycles. The van der Waals surface area contributed by atoms with E-state index in [0.717, 1.165) is 12.3 Å². The Morgan fingerprint density at radius 3 is 2.80 bits per heavy atom. The number of carbonyl (C=O) groups excluding carboxylic acids is 2. The smallest absolute Gasteiger partial charge is 0.240 e. The molecule has 6 heteroatoms. The molecule has 1 atom stereocenters. The predicted octanol–water partition coefficient (Wildman–Crippen LogP) is -0.975. The van der Waals surface area contributed by atoms with Gasteiger partial charge in [0, 0.05) is 18.8 Å². The van der Waals surface area contributed by atoms with Crippen molar-refractivity contribution < 1.29 is 9.59 Å². The van der Waals surface area contributed by atoms with Gasteiger partial charge in [0.25, 0.3) is 0 Å². The van der Waals surface area contributed by atoms with Crippen LogP contribution in [0.15, 0.2) is 0 Å². The number of nitrogens with one attached hydrogen (secondary N) is 1. The van der Waals surface area contributed by atoms with E-state index in [2.05, 4.69) is 5.32 Å². The largest absolute Gasteiger partial charge is 0.368 e. The quantitative estimate of drug-likeness (QED) is 0.576. The van der Waals surface area contributed by atoms with Gasteiger partial charge in [-0.15, -0.1) is 0 Å². The lowest BCUT2D eigenvalue weighted by Crippen LogP contribution is -2.59. The average molecular weight is 231 g/mol. The topological polar surface area (TPSA) is 75.4 Å². The van der Waals surface area contributed by atoms with E-state index in [1.54, 1.807) is 11.8 Å². The Morgan fingerprint density at radius 1 is 1.60 bits per heavy atom. The van der Waals surface area contributed by atoms with Crippen molar-refractivity contribution in [3.8, 4) is 0 Å². The van der Waals surface area contributed by atoms with Gasteiger partial charge in [0.2, 0.25) is 11.8 Å². The SMILES string of the molecule is CSCCNCC(=O)N1CCC1C(N)=O. The Balaban J connectivity index is 2.20. The molecule has 1 rings (SSSR count). The van der Waals surface area contributed by atoms with E-state index < -0.39 is 5.91 Å². The molecular weight excluding hydrogens is 214 g/mol. The van der Waals surface area contributed by atoms with E-state index in [0.29, 0.717) is 19.5 Å². The van der Waals surface area contributed by atoms with Crippen LogP contribution in [0.2, 0.25) is 0 Å². The molecule has 0 radical (unpaired) electrons. The maximum atomic E-state index is 11.6. The maximum absolute atomic E-state index is 11.6. The number of amides is 2. The molecule has 86 valence electrons. The third kappa shape index (κ3) is 3.39. The molecule has 2 amide bonds. The minimum atomic E-state index is -0.404. The number of hydrogen-bond acceptors (Lipinski definition) is 4. The van der Waals surface area contributed by atoms with Crippen molar-refractivity contribution in [1.82, 2.24) is 10.2 Å². The van der Waals surface area contributed by atoms with Crippen LogP contribution in [0.3, 0.4) is 0 Å². The molecule has 0 spiro atoms. The fourth-order valence-corrected chi connectivity index (χ4v) is 1.80. The fraction of sp³-hybridized carbons (Fsp3) is 0.778. The van der Waals surface area contributed by atoms with Crippen molar-refractivity contribution in [1.29, 1.82) is 0 Å². The van der Waals surface area contributed by atoms with E-state index in [9.17, 15) is 9.59 Å². The molecular formula is C9H17N3O2S. The molecule has 0 aliphatic carbocycles. The molecule has 3 N–H and O–H groups in total. The summed E-state index contributed by atoms with van der Waals surface area (Å²) in [5.74, 6) is 0.539. The highest BCUT2D eigenvalue weighted by Crippen LogP contribution is 2.16. The molecule has 1 unspecified atom stereocenters. The van der Waals surface area contributed by atoms with Gasteiger partial charge in [-0.2, -0.15) is 11.8 Å². The zero-order valence-corrected chi connectivity index (χ0v) is 9.68. The van der Waals surface area contributed by atoms with Crippen LogP contribution in [0.25, 0.3) is 0 Å². The lowest BCUT2D eigenvalue weighted by atomic mass is 10.0. The number of rotatable bonds is 6. The lowest BCUT2D eigenvalue weighted by molar-refractivity contribution is -0.145. The molecule has 5 nitrogen and oxygen atoms in total. The van der Waals surface area contributed by atoms with Gasteiger partial charge in [0.1, 0.15) is 6.04 Å². The summed E-state index contributed by atoms with van der Waals surface area (Å²) in [5.41, 5.74) is 5.15. The second-order valence-electron chi connectivity index (χ2n) is 3.46. The standard InChI is InChI=1S/C9H17N3O2S/c1-15-5-3-11-6-8(13)12-4-2-7(12)9(10)14/h7,11H,2-6H2,1H3,(H2,10,14). The van der Waals surface area contributed by atoms with E-state index in [1.165, 1.54) is 4.90 Å². The number of hydrogen-bond donors (Lipinski definition) is 2. The van der Waals surface area contributed by atoms with Crippen LogP contribution in [0, 0.1) is 0 Å². The zero-order chi connectivity index (χ0) is 11.3. The third-order valence-electron chi connectivity index (χ3n) is 2.43. The molecule has 1 heterocycles. The highest BCUT2D eigenvalue weighted by atomic mass is 32.2. The van der Waals surface area contributed by atoms with Gasteiger partial charge in [-0.25, -0.2) is 0 Å². The number of primary amides is 1. The Kier molecular flexibility index (Phi) is 4.90. The van der Waals surface area contributed by atoms with E-state index in [-0.39, 0.29) is 11.9 Å². The summed E-state index contributed by atoms with van der Waals surface area (Å²) in [6.07, 6.45) is 2.72. The van der Waals surface area contributed by atoms with Gasteiger partial charge < -0.3 is 16.0 Å². The molecule has 0 bridgehead atoms. The Labute approximate surface area is 93.7 Å². The van der Waals surface area contributed by atoms with Crippen LogP contribution in [0.5, 0.6) is 0 Å². The van der Waals surface area contributed by atoms with E-state index >= 15 is 0 Å². The first-order valence-corrected chi connectivity index (χ1v) is 6.34. The van der Waals surface area contributed by atoms with Gasteiger partial charge >= 0.3 is 0 Å². The van der Waals surface area contributed by atoms with Crippen molar-refractivity contribution in [2.45, 2.75) is 12.5 Å². The first-order valence-electron chi connectivity index (χ1n) is 4.95. The van der Waals surface area contributed by atoms with Crippen LogP contribution in [-0.2, 0) is 9.59 Å². The Hall–Kier alpha value is -0.750. The summed E-state index contributed by atoms with van der Waals surface area (Å²) in [4.78, 5) is 24.0. The number of likely N-dealkylation sites (tertiary alicyclic amines) is 1. The number of nitrogens with zero attached hydrogens (tertiary/aromatic N) is 1. The normalized spacial score (nSPS) is 19.8. The first-order chi connectivity index (χ1) is 7.16. The van der Waals surface area contributed by atoms with Gasteiger partial charge in [-0.05, 0) is 12.7 Å². The van der Waals surface area contributed by atoms with Crippen molar-refractivity contribution >= 4 is 23.6 Å². The van der Waals surface area contributed by atoms with Gasteiger partial charge in [0.05, 0.1) is 6.54 Å². The molecule has 15 heavy (non-hydrogen) atoms. The van der Waals surface area contributed by atoms with Gasteiger partial charge in [0.15, 0.2) is 0 Å². The summed E-state index contributed by atoms with van der Waals surface area (Å²) in [6.45, 7) is 1.75. The van der Waals surface area contributed by atoms with Gasteiger partial charge in [-0.3, -0.25) is 9.59 Å². The molecule has 1 aliphatic heterocycles. The lowest BCUT2D eigenvalue weighted by Gasteiger charge is -2.38. The fourth-order valence-electron chi connectivity index (χ4n) is 1.45. The highest BCUT2D eigenvalue weighted by Gasteiger charge is 2.35. The van der Waals surface area contributed by atoms with Crippen molar-refractivity contribution in [2.75, 3.05) is 31.6 Å².